The number of rotatable bonds is 3. The van der Waals surface area contributed by atoms with Gasteiger partial charge < -0.3 is 5.73 Å². The maximum atomic E-state index is 13.7. The highest BCUT2D eigenvalue weighted by molar-refractivity contribution is 5.20. The first-order chi connectivity index (χ1) is 8.88. The molecule has 2 rings (SSSR count). The molecule has 1 atom stereocenters. The summed E-state index contributed by atoms with van der Waals surface area (Å²) in [7, 11) is 0. The van der Waals surface area contributed by atoms with E-state index >= 15 is 0 Å². The fraction of sp³-hybridized carbons (Fsp3) is 0.600. The molecule has 0 bridgehead atoms. The van der Waals surface area contributed by atoms with Crippen molar-refractivity contribution in [3.8, 4) is 0 Å². The van der Waals surface area contributed by atoms with Crippen molar-refractivity contribution in [1.29, 1.82) is 0 Å². The lowest BCUT2D eigenvalue weighted by Crippen LogP contribution is -2.57. The number of benzene rings is 1. The monoisotopic (exact) mass is 268 g/mol. The quantitative estimate of drug-likeness (QED) is 0.913. The lowest BCUT2D eigenvalue weighted by atomic mass is 9.93. The van der Waals surface area contributed by atoms with Gasteiger partial charge in [-0.1, -0.05) is 13.0 Å². The van der Waals surface area contributed by atoms with Crippen molar-refractivity contribution in [3.05, 3.63) is 35.4 Å². The molecule has 1 heterocycles. The van der Waals surface area contributed by atoms with Crippen molar-refractivity contribution in [3.63, 3.8) is 0 Å². The van der Waals surface area contributed by atoms with Crippen LogP contribution in [0, 0.1) is 17.6 Å². The van der Waals surface area contributed by atoms with Crippen molar-refractivity contribution >= 4 is 0 Å². The second-order valence-electron chi connectivity index (χ2n) is 5.94. The van der Waals surface area contributed by atoms with Crippen molar-refractivity contribution in [1.82, 2.24) is 4.90 Å². The van der Waals surface area contributed by atoms with E-state index in [4.69, 9.17) is 5.73 Å². The Hall–Kier alpha value is -1.00. The fourth-order valence-electron chi connectivity index (χ4n) is 2.68. The average molecular weight is 268 g/mol. The van der Waals surface area contributed by atoms with E-state index < -0.39 is 17.3 Å². The van der Waals surface area contributed by atoms with Crippen LogP contribution in [-0.2, 0) is 6.42 Å². The van der Waals surface area contributed by atoms with Crippen LogP contribution >= 0.6 is 0 Å². The summed E-state index contributed by atoms with van der Waals surface area (Å²) in [6.07, 6.45) is 2.64. The van der Waals surface area contributed by atoms with Crippen LogP contribution in [0.2, 0.25) is 0 Å². The first-order valence-corrected chi connectivity index (χ1v) is 6.86. The number of nitrogens with two attached hydrogens (primary N) is 1. The number of likely N-dealkylation sites (tertiary alicyclic amines) is 1. The molecule has 0 saturated carbocycles. The van der Waals surface area contributed by atoms with Crippen LogP contribution in [0.1, 0.15) is 32.3 Å². The Labute approximate surface area is 113 Å². The zero-order chi connectivity index (χ0) is 14.0. The number of piperidine rings is 1. The van der Waals surface area contributed by atoms with E-state index in [2.05, 4.69) is 11.8 Å². The Balaban J connectivity index is 2.07. The van der Waals surface area contributed by atoms with E-state index in [1.807, 2.05) is 6.92 Å². The first-order valence-electron chi connectivity index (χ1n) is 6.86. The molecule has 106 valence electrons. The van der Waals surface area contributed by atoms with Gasteiger partial charge in [-0.25, -0.2) is 8.78 Å². The molecular weight excluding hydrogens is 246 g/mol. The molecule has 1 unspecified atom stereocenters. The molecule has 0 aromatic heterocycles. The van der Waals surface area contributed by atoms with Gasteiger partial charge in [0.05, 0.1) is 5.66 Å². The van der Waals surface area contributed by atoms with Gasteiger partial charge in [0.1, 0.15) is 11.6 Å². The summed E-state index contributed by atoms with van der Waals surface area (Å²) in [5.41, 5.74) is 6.23. The molecule has 1 aliphatic heterocycles. The second-order valence-corrected chi connectivity index (χ2v) is 5.94. The van der Waals surface area contributed by atoms with Crippen molar-refractivity contribution in [2.45, 2.75) is 38.8 Å². The molecule has 2 N–H and O–H groups in total. The number of halogens is 2. The van der Waals surface area contributed by atoms with Gasteiger partial charge in [-0.2, -0.15) is 0 Å². The summed E-state index contributed by atoms with van der Waals surface area (Å²) in [4.78, 5) is 2.20. The molecule has 1 fully saturated rings. The minimum Gasteiger partial charge on any atom is -0.313 e. The highest BCUT2D eigenvalue weighted by Gasteiger charge is 2.31. The van der Waals surface area contributed by atoms with Gasteiger partial charge in [-0.3, -0.25) is 4.90 Å². The van der Waals surface area contributed by atoms with Crippen LogP contribution in [0.25, 0.3) is 0 Å². The molecule has 2 nitrogen and oxygen atoms in total. The van der Waals surface area contributed by atoms with E-state index in [0.717, 1.165) is 37.9 Å². The summed E-state index contributed by atoms with van der Waals surface area (Å²) < 4.78 is 26.6. The molecule has 0 radical (unpaired) electrons. The molecule has 19 heavy (non-hydrogen) atoms. The van der Waals surface area contributed by atoms with E-state index in [9.17, 15) is 8.78 Å². The molecule has 1 saturated heterocycles. The maximum Gasteiger partial charge on any atom is 0.129 e. The Morgan fingerprint density at radius 3 is 2.53 bits per heavy atom. The second kappa shape index (κ2) is 5.55. The molecule has 0 amide bonds. The van der Waals surface area contributed by atoms with Gasteiger partial charge in [0.25, 0.3) is 0 Å². The zero-order valence-electron chi connectivity index (χ0n) is 11.6. The standard InChI is InChI=1S/C15H22F2N2/c1-11-5-7-19(8-6-11)15(2,18)10-12-3-4-13(16)9-14(12)17/h3-4,9,11H,5-8,10,18H2,1-2H3. The molecule has 0 aliphatic carbocycles. The summed E-state index contributed by atoms with van der Waals surface area (Å²) >= 11 is 0. The van der Waals surface area contributed by atoms with Crippen molar-refractivity contribution in [2.75, 3.05) is 13.1 Å². The lowest BCUT2D eigenvalue weighted by molar-refractivity contribution is 0.0688. The lowest BCUT2D eigenvalue weighted by Gasteiger charge is -2.42. The Morgan fingerprint density at radius 2 is 1.95 bits per heavy atom. The molecule has 4 heteroatoms. The van der Waals surface area contributed by atoms with Crippen LogP contribution in [0.3, 0.4) is 0 Å². The fourth-order valence-corrected chi connectivity index (χ4v) is 2.68. The van der Waals surface area contributed by atoms with Gasteiger partial charge in [-0.05, 0) is 37.3 Å². The predicted octanol–water partition coefficient (Wildman–Crippen LogP) is 2.91. The summed E-state index contributed by atoms with van der Waals surface area (Å²) in [6.45, 7) is 6.05. The summed E-state index contributed by atoms with van der Waals surface area (Å²) in [6, 6.07) is 3.69. The number of hydrogen-bond acceptors (Lipinski definition) is 2. The number of hydrogen-bond donors (Lipinski definition) is 1. The minimum atomic E-state index is -0.585. The summed E-state index contributed by atoms with van der Waals surface area (Å²) in [5, 5.41) is 0. The SMILES string of the molecule is CC1CCN(C(C)(N)Cc2ccc(F)cc2F)CC1. The van der Waals surface area contributed by atoms with E-state index in [-0.39, 0.29) is 0 Å². The third kappa shape index (κ3) is 3.51. The van der Waals surface area contributed by atoms with E-state index in [1.165, 1.54) is 12.1 Å². The Bertz CT molecular complexity index is 438. The molecule has 0 spiro atoms. The highest BCUT2D eigenvalue weighted by Crippen LogP contribution is 2.24. The van der Waals surface area contributed by atoms with Crippen LogP contribution in [0.5, 0.6) is 0 Å². The molecule has 1 aromatic carbocycles. The van der Waals surface area contributed by atoms with Crippen molar-refractivity contribution < 1.29 is 8.78 Å². The van der Waals surface area contributed by atoms with Crippen LogP contribution in [0.15, 0.2) is 18.2 Å². The minimum absolute atomic E-state index is 0.396. The number of nitrogens with zero attached hydrogens (tertiary/aromatic N) is 1. The third-order valence-electron chi connectivity index (χ3n) is 4.07. The molecule has 1 aliphatic rings. The van der Waals surface area contributed by atoms with Crippen molar-refractivity contribution in [2.24, 2.45) is 11.7 Å². The van der Waals surface area contributed by atoms with Gasteiger partial charge in [0.2, 0.25) is 0 Å². The normalized spacial score (nSPS) is 21.3. The van der Waals surface area contributed by atoms with Gasteiger partial charge in [0.15, 0.2) is 0 Å². The summed E-state index contributed by atoms with van der Waals surface area (Å²) in [5.74, 6) is -0.330. The zero-order valence-corrected chi connectivity index (χ0v) is 11.6. The topological polar surface area (TPSA) is 29.3 Å². The van der Waals surface area contributed by atoms with E-state index in [1.54, 1.807) is 0 Å². The molecular formula is C15H22F2N2. The van der Waals surface area contributed by atoms with Crippen LogP contribution in [-0.4, -0.2) is 23.7 Å². The van der Waals surface area contributed by atoms with Gasteiger partial charge >= 0.3 is 0 Å². The van der Waals surface area contributed by atoms with Gasteiger partial charge in [0, 0.05) is 25.6 Å². The Morgan fingerprint density at radius 1 is 1.32 bits per heavy atom. The third-order valence-corrected chi connectivity index (χ3v) is 4.07. The van der Waals surface area contributed by atoms with Crippen LogP contribution in [0.4, 0.5) is 8.78 Å². The smallest absolute Gasteiger partial charge is 0.129 e. The van der Waals surface area contributed by atoms with E-state index in [0.29, 0.717) is 12.0 Å². The highest BCUT2D eigenvalue weighted by atomic mass is 19.1. The molecule has 1 aromatic rings. The Kier molecular flexibility index (Phi) is 4.21. The first kappa shape index (κ1) is 14.4. The van der Waals surface area contributed by atoms with Gasteiger partial charge in [-0.15, -0.1) is 0 Å². The maximum absolute atomic E-state index is 13.7. The average Bonchev–Trinajstić information content (AvgIpc) is 2.33. The largest absolute Gasteiger partial charge is 0.313 e. The predicted molar refractivity (Wildman–Crippen MR) is 72.6 cm³/mol. The van der Waals surface area contributed by atoms with Crippen LogP contribution < -0.4 is 5.73 Å².